The Morgan fingerprint density at radius 2 is 2.00 bits per heavy atom. The highest BCUT2D eigenvalue weighted by Gasteiger charge is 2.07. The maximum absolute atomic E-state index is 11.9. The molecular formula is C13H9N3OS2. The van der Waals surface area contributed by atoms with Gasteiger partial charge in [0.15, 0.2) is 0 Å². The maximum Gasteiger partial charge on any atom is 0.265 e. The Morgan fingerprint density at radius 3 is 2.63 bits per heavy atom. The fraction of sp³-hybridized carbons (Fsp3) is 0. The normalized spacial score (nSPS) is 10.3. The van der Waals surface area contributed by atoms with Crippen molar-refractivity contribution in [3.8, 4) is 10.4 Å². The number of carbonyl (C=O) groups is 1. The number of anilines is 1. The molecule has 0 aliphatic rings. The van der Waals surface area contributed by atoms with Crippen molar-refractivity contribution in [3.63, 3.8) is 0 Å². The first kappa shape index (κ1) is 12.0. The Hall–Kier alpha value is -2.05. The molecule has 0 spiro atoms. The minimum Gasteiger partial charge on any atom is -0.321 e. The molecule has 1 aromatic carbocycles. The Morgan fingerprint density at radius 1 is 1.16 bits per heavy atom. The Labute approximate surface area is 117 Å². The number of hydrogen-bond acceptors (Lipinski definition) is 5. The van der Waals surface area contributed by atoms with Crippen molar-refractivity contribution >= 4 is 34.5 Å². The average molecular weight is 287 g/mol. The van der Waals surface area contributed by atoms with Crippen LogP contribution in [0, 0.1) is 0 Å². The van der Waals surface area contributed by atoms with E-state index in [9.17, 15) is 4.79 Å². The number of benzene rings is 1. The Balaban J connectivity index is 1.75. The van der Waals surface area contributed by atoms with Gasteiger partial charge in [-0.2, -0.15) is 0 Å². The molecule has 3 rings (SSSR count). The molecule has 19 heavy (non-hydrogen) atoms. The number of hydrogen-bond donors (Lipinski definition) is 1. The number of carbonyl (C=O) groups excluding carboxylic acids is 1. The molecule has 0 radical (unpaired) electrons. The maximum atomic E-state index is 11.9. The number of nitrogens with zero attached hydrogens (tertiary/aromatic N) is 2. The second-order valence-corrected chi connectivity index (χ2v) is 5.52. The molecule has 94 valence electrons. The zero-order valence-corrected chi connectivity index (χ0v) is 11.4. The summed E-state index contributed by atoms with van der Waals surface area (Å²) in [6.45, 7) is 0. The highest BCUT2D eigenvalue weighted by atomic mass is 32.1. The first-order valence-electron chi connectivity index (χ1n) is 5.55. The fourth-order valence-corrected chi connectivity index (χ4v) is 2.75. The van der Waals surface area contributed by atoms with Crippen molar-refractivity contribution < 1.29 is 4.79 Å². The highest BCUT2D eigenvalue weighted by Crippen LogP contribution is 2.23. The summed E-state index contributed by atoms with van der Waals surface area (Å²) >= 11 is 2.77. The van der Waals surface area contributed by atoms with Crippen LogP contribution >= 0.6 is 22.9 Å². The van der Waals surface area contributed by atoms with Crippen molar-refractivity contribution in [1.29, 1.82) is 0 Å². The third kappa shape index (κ3) is 2.69. The van der Waals surface area contributed by atoms with Gasteiger partial charge in [-0.15, -0.1) is 16.4 Å². The number of rotatable bonds is 3. The van der Waals surface area contributed by atoms with E-state index in [0.29, 0.717) is 4.88 Å². The summed E-state index contributed by atoms with van der Waals surface area (Å²) in [6, 6.07) is 11.3. The third-order valence-corrected chi connectivity index (χ3v) is 4.12. The molecule has 6 heteroatoms. The zero-order chi connectivity index (χ0) is 13.1. The van der Waals surface area contributed by atoms with Crippen LogP contribution in [0.4, 0.5) is 5.69 Å². The van der Waals surface area contributed by atoms with Gasteiger partial charge in [0.1, 0.15) is 0 Å². The molecule has 0 bridgehead atoms. The van der Waals surface area contributed by atoms with Gasteiger partial charge in [0.25, 0.3) is 5.91 Å². The Bertz CT molecular complexity index is 661. The molecule has 2 heterocycles. The van der Waals surface area contributed by atoms with Crippen LogP contribution in [-0.2, 0) is 0 Å². The minimum absolute atomic E-state index is 0.0813. The lowest BCUT2D eigenvalue weighted by Crippen LogP contribution is -2.09. The first-order chi connectivity index (χ1) is 9.33. The fourth-order valence-electron chi connectivity index (χ4n) is 1.61. The molecule has 3 aromatic rings. The summed E-state index contributed by atoms with van der Waals surface area (Å²) < 4.78 is 3.83. The van der Waals surface area contributed by atoms with Crippen LogP contribution < -0.4 is 5.32 Å². The van der Waals surface area contributed by atoms with E-state index in [2.05, 4.69) is 14.9 Å². The second kappa shape index (κ2) is 5.29. The Kier molecular flexibility index (Phi) is 3.35. The number of aromatic nitrogens is 2. The molecule has 4 nitrogen and oxygen atoms in total. The van der Waals surface area contributed by atoms with Crippen molar-refractivity contribution in [2.75, 3.05) is 5.32 Å². The lowest BCUT2D eigenvalue weighted by molar-refractivity contribution is 0.103. The van der Waals surface area contributed by atoms with E-state index in [1.165, 1.54) is 22.9 Å². The quantitative estimate of drug-likeness (QED) is 0.802. The van der Waals surface area contributed by atoms with Gasteiger partial charge in [-0.1, -0.05) is 22.7 Å². The summed E-state index contributed by atoms with van der Waals surface area (Å²) in [5.74, 6) is -0.0813. The van der Waals surface area contributed by atoms with Crippen LogP contribution in [0.15, 0.2) is 48.0 Å². The van der Waals surface area contributed by atoms with Crippen LogP contribution in [0.3, 0.4) is 0 Å². The van der Waals surface area contributed by atoms with Crippen LogP contribution in [0.25, 0.3) is 10.4 Å². The lowest BCUT2D eigenvalue weighted by Gasteiger charge is -2.04. The molecule has 0 atom stereocenters. The topological polar surface area (TPSA) is 54.9 Å². The summed E-state index contributed by atoms with van der Waals surface area (Å²) in [5, 5.41) is 8.55. The number of nitrogens with one attached hydrogen (secondary N) is 1. The minimum atomic E-state index is -0.0813. The van der Waals surface area contributed by atoms with Gasteiger partial charge in [0.05, 0.1) is 16.0 Å². The van der Waals surface area contributed by atoms with Gasteiger partial charge in [0.2, 0.25) is 0 Å². The van der Waals surface area contributed by atoms with E-state index in [4.69, 9.17) is 0 Å². The predicted molar refractivity (Wildman–Crippen MR) is 77.6 cm³/mol. The van der Waals surface area contributed by atoms with Gasteiger partial charge in [-0.3, -0.25) is 4.79 Å². The molecular weight excluding hydrogens is 278 g/mol. The summed E-state index contributed by atoms with van der Waals surface area (Å²) in [6.07, 6.45) is 1.73. The molecule has 1 N–H and O–H groups in total. The first-order valence-corrected chi connectivity index (χ1v) is 7.21. The van der Waals surface area contributed by atoms with Crippen LogP contribution in [0.5, 0.6) is 0 Å². The van der Waals surface area contributed by atoms with Gasteiger partial charge in [-0.05, 0) is 40.7 Å². The highest BCUT2D eigenvalue weighted by molar-refractivity contribution is 7.12. The zero-order valence-electron chi connectivity index (χ0n) is 9.74. The van der Waals surface area contributed by atoms with E-state index < -0.39 is 0 Å². The molecule has 0 saturated carbocycles. The largest absolute Gasteiger partial charge is 0.321 e. The van der Waals surface area contributed by atoms with E-state index in [0.717, 1.165) is 16.1 Å². The summed E-state index contributed by atoms with van der Waals surface area (Å²) in [7, 11) is 0. The molecule has 1 amide bonds. The van der Waals surface area contributed by atoms with Gasteiger partial charge < -0.3 is 5.32 Å². The monoisotopic (exact) mass is 287 g/mol. The standard InChI is InChI=1S/C13H9N3OS2/c17-13(11-2-1-7-18-11)15-10-5-3-9(4-6-10)12-8-14-16-19-12/h1-8H,(H,15,17). The third-order valence-electron chi connectivity index (χ3n) is 2.53. The van der Waals surface area contributed by atoms with Crippen molar-refractivity contribution in [2.45, 2.75) is 0 Å². The van der Waals surface area contributed by atoms with Crippen molar-refractivity contribution in [3.05, 3.63) is 52.9 Å². The summed E-state index contributed by atoms with van der Waals surface area (Å²) in [4.78, 5) is 13.6. The van der Waals surface area contributed by atoms with Crippen LogP contribution in [0.2, 0.25) is 0 Å². The van der Waals surface area contributed by atoms with E-state index in [1.807, 2.05) is 35.7 Å². The van der Waals surface area contributed by atoms with Crippen LogP contribution in [-0.4, -0.2) is 15.5 Å². The smallest absolute Gasteiger partial charge is 0.265 e. The summed E-state index contributed by atoms with van der Waals surface area (Å²) in [5.41, 5.74) is 1.82. The van der Waals surface area contributed by atoms with E-state index in [1.54, 1.807) is 12.3 Å². The average Bonchev–Trinajstić information content (AvgIpc) is 3.13. The van der Waals surface area contributed by atoms with Gasteiger partial charge in [0, 0.05) is 5.69 Å². The molecule has 0 aliphatic carbocycles. The molecule has 0 saturated heterocycles. The number of amides is 1. The molecule has 0 aliphatic heterocycles. The van der Waals surface area contributed by atoms with E-state index >= 15 is 0 Å². The van der Waals surface area contributed by atoms with E-state index in [-0.39, 0.29) is 5.91 Å². The molecule has 0 unspecified atom stereocenters. The van der Waals surface area contributed by atoms with Crippen LogP contribution in [0.1, 0.15) is 9.67 Å². The van der Waals surface area contributed by atoms with Crippen molar-refractivity contribution in [2.24, 2.45) is 0 Å². The SMILES string of the molecule is O=C(Nc1ccc(-c2cnns2)cc1)c1cccs1. The van der Waals surface area contributed by atoms with Crippen molar-refractivity contribution in [1.82, 2.24) is 9.59 Å². The van der Waals surface area contributed by atoms with Gasteiger partial charge >= 0.3 is 0 Å². The van der Waals surface area contributed by atoms with Gasteiger partial charge in [-0.25, -0.2) is 0 Å². The molecule has 2 aromatic heterocycles. The second-order valence-electron chi connectivity index (χ2n) is 3.79. The predicted octanol–water partition coefficient (Wildman–Crippen LogP) is 3.52. The number of thiophene rings is 1. The lowest BCUT2D eigenvalue weighted by atomic mass is 10.2. The molecule has 0 fully saturated rings.